The van der Waals surface area contributed by atoms with Crippen molar-refractivity contribution >= 4 is 23.5 Å². The summed E-state index contributed by atoms with van der Waals surface area (Å²) in [5.41, 5.74) is 2.83. The molecule has 0 saturated heterocycles. The lowest BCUT2D eigenvalue weighted by molar-refractivity contribution is 0.157. The van der Waals surface area contributed by atoms with Crippen molar-refractivity contribution in [2.75, 3.05) is 24.7 Å². The summed E-state index contributed by atoms with van der Waals surface area (Å²) in [5.74, 6) is 4.26. The van der Waals surface area contributed by atoms with Gasteiger partial charge in [-0.3, -0.25) is 0 Å². The second-order valence-electron chi connectivity index (χ2n) is 8.07. The van der Waals surface area contributed by atoms with E-state index in [1.165, 1.54) is 11.1 Å². The predicted molar refractivity (Wildman–Crippen MR) is 110 cm³/mol. The Morgan fingerprint density at radius 2 is 1.04 bits per heavy atom. The number of hydrogen-bond acceptors (Lipinski definition) is 4. The maximum atomic E-state index is 9.26. The van der Waals surface area contributed by atoms with Crippen LogP contribution in [0.2, 0.25) is 0 Å². The van der Waals surface area contributed by atoms with Gasteiger partial charge in [-0.1, -0.05) is 52.0 Å². The van der Waals surface area contributed by atoms with E-state index in [-0.39, 0.29) is 24.0 Å². The van der Waals surface area contributed by atoms with E-state index in [9.17, 15) is 10.2 Å². The van der Waals surface area contributed by atoms with Crippen molar-refractivity contribution in [1.29, 1.82) is 0 Å². The fourth-order valence-electron chi connectivity index (χ4n) is 1.97. The molecular weight excluding hydrogens is 336 g/mol. The zero-order valence-electron chi connectivity index (χ0n) is 15.7. The van der Waals surface area contributed by atoms with Gasteiger partial charge in [-0.15, -0.1) is 0 Å². The van der Waals surface area contributed by atoms with E-state index in [1.54, 1.807) is 0 Å². The Balaban J connectivity index is 2.23. The molecule has 1 aromatic carbocycles. The molecule has 0 amide bonds. The molecule has 0 aromatic heterocycles. The van der Waals surface area contributed by atoms with Crippen LogP contribution in [0.15, 0.2) is 24.3 Å². The highest BCUT2D eigenvalue weighted by atomic mass is 32.2. The van der Waals surface area contributed by atoms with Gasteiger partial charge < -0.3 is 10.2 Å². The van der Waals surface area contributed by atoms with Gasteiger partial charge in [0.05, 0.1) is 0 Å². The molecule has 24 heavy (non-hydrogen) atoms. The molecule has 0 aliphatic heterocycles. The van der Waals surface area contributed by atoms with E-state index in [0.29, 0.717) is 0 Å². The average molecular weight is 371 g/mol. The molecule has 0 atom stereocenters. The molecule has 1 aromatic rings. The number of hydrogen-bond donors (Lipinski definition) is 2. The summed E-state index contributed by atoms with van der Waals surface area (Å²) in [6.45, 7) is 8.97. The molecule has 0 spiro atoms. The van der Waals surface area contributed by atoms with Crippen LogP contribution in [0.3, 0.4) is 0 Å². The fourth-order valence-corrected chi connectivity index (χ4v) is 4.51. The second-order valence-corrected chi connectivity index (χ2v) is 10.3. The van der Waals surface area contributed by atoms with Crippen molar-refractivity contribution in [1.82, 2.24) is 0 Å². The van der Waals surface area contributed by atoms with E-state index in [0.717, 1.165) is 35.9 Å². The van der Waals surface area contributed by atoms with Crippen molar-refractivity contribution in [2.24, 2.45) is 10.8 Å². The van der Waals surface area contributed by atoms with Crippen LogP contribution in [0.5, 0.6) is 0 Å². The van der Waals surface area contributed by atoms with Crippen LogP contribution in [-0.2, 0) is 11.5 Å². The van der Waals surface area contributed by atoms with Crippen LogP contribution in [0, 0.1) is 10.8 Å². The van der Waals surface area contributed by atoms with Crippen LogP contribution in [0.1, 0.15) is 51.7 Å². The molecule has 0 bridgehead atoms. The van der Waals surface area contributed by atoms with E-state index < -0.39 is 0 Å². The molecule has 0 fully saturated rings. The third-order valence-corrected chi connectivity index (χ3v) is 6.32. The molecule has 0 aliphatic carbocycles. The van der Waals surface area contributed by atoms with Gasteiger partial charge in [-0.25, -0.2) is 0 Å². The van der Waals surface area contributed by atoms with Crippen LogP contribution in [0.25, 0.3) is 0 Å². The molecule has 0 saturated carbocycles. The smallest absolute Gasteiger partial charge is 0.0482 e. The van der Waals surface area contributed by atoms with Crippen LogP contribution in [0.4, 0.5) is 0 Å². The largest absolute Gasteiger partial charge is 0.396 e. The monoisotopic (exact) mass is 370 g/mol. The molecule has 0 aliphatic rings. The maximum Gasteiger partial charge on any atom is 0.0482 e. The minimum Gasteiger partial charge on any atom is -0.396 e. The molecule has 2 nitrogen and oxygen atoms in total. The highest BCUT2D eigenvalue weighted by molar-refractivity contribution is 7.98. The molecule has 1 rings (SSSR count). The Bertz CT molecular complexity index is 412. The molecular formula is C20H34O2S2. The molecule has 0 unspecified atom stereocenters. The third-order valence-electron chi connectivity index (χ3n) is 4.26. The van der Waals surface area contributed by atoms with E-state index in [1.807, 2.05) is 23.5 Å². The Morgan fingerprint density at radius 1 is 0.708 bits per heavy atom. The highest BCUT2D eigenvalue weighted by Gasteiger charge is 2.16. The first-order valence-corrected chi connectivity index (χ1v) is 11.0. The first-order valence-electron chi connectivity index (χ1n) is 8.73. The summed E-state index contributed by atoms with van der Waals surface area (Å²) in [4.78, 5) is 0. The van der Waals surface area contributed by atoms with Gasteiger partial charge in [-0.05, 0) is 46.3 Å². The Kier molecular flexibility index (Phi) is 9.80. The lowest BCUT2D eigenvalue weighted by Gasteiger charge is -2.21. The van der Waals surface area contributed by atoms with Gasteiger partial charge in [0, 0.05) is 24.7 Å². The average Bonchev–Trinajstić information content (AvgIpc) is 2.57. The number of rotatable bonds is 12. The molecule has 138 valence electrons. The van der Waals surface area contributed by atoms with Gasteiger partial charge in [0.2, 0.25) is 0 Å². The topological polar surface area (TPSA) is 40.5 Å². The summed E-state index contributed by atoms with van der Waals surface area (Å²) in [7, 11) is 0. The second kappa shape index (κ2) is 10.7. The fraction of sp³-hybridized carbons (Fsp3) is 0.700. The van der Waals surface area contributed by atoms with Crippen molar-refractivity contribution in [2.45, 2.75) is 52.0 Å². The summed E-state index contributed by atoms with van der Waals surface area (Å²) in [6.07, 6.45) is 2.10. The number of benzene rings is 1. The maximum absolute atomic E-state index is 9.26. The minimum absolute atomic E-state index is 0.0403. The zero-order chi connectivity index (χ0) is 18.1. The van der Waals surface area contributed by atoms with Crippen molar-refractivity contribution in [3.8, 4) is 0 Å². The summed E-state index contributed by atoms with van der Waals surface area (Å²) in [6, 6.07) is 8.94. The van der Waals surface area contributed by atoms with E-state index in [4.69, 9.17) is 0 Å². The quantitative estimate of drug-likeness (QED) is 0.510. The summed E-state index contributed by atoms with van der Waals surface area (Å²) >= 11 is 3.88. The SMILES string of the molecule is CC(C)(CO)CCSCc1ccc(CSCCC(C)(C)CO)cc1. The van der Waals surface area contributed by atoms with Crippen LogP contribution in [-0.4, -0.2) is 34.9 Å². The van der Waals surface area contributed by atoms with E-state index >= 15 is 0 Å². The third kappa shape index (κ3) is 9.36. The van der Waals surface area contributed by atoms with Gasteiger partial charge in [-0.2, -0.15) is 23.5 Å². The minimum atomic E-state index is 0.0403. The van der Waals surface area contributed by atoms with Gasteiger partial charge in [0.25, 0.3) is 0 Å². The Labute approximate surface area is 156 Å². The lowest BCUT2D eigenvalue weighted by atomic mass is 9.92. The normalized spacial score (nSPS) is 12.6. The first kappa shape index (κ1) is 21.9. The van der Waals surface area contributed by atoms with Gasteiger partial charge in [0.1, 0.15) is 0 Å². The standard InChI is InChI=1S/C20H34O2S2/c1-19(2,15-21)9-11-23-13-17-5-7-18(8-6-17)14-24-12-10-20(3,4)16-22/h5-8,21-22H,9-16H2,1-4H3. The predicted octanol–water partition coefficient (Wildman–Crippen LogP) is 4.97. The lowest BCUT2D eigenvalue weighted by Crippen LogP contribution is -2.17. The summed E-state index contributed by atoms with van der Waals surface area (Å²) < 4.78 is 0. The van der Waals surface area contributed by atoms with E-state index in [2.05, 4.69) is 52.0 Å². The molecule has 4 heteroatoms. The Morgan fingerprint density at radius 3 is 1.33 bits per heavy atom. The van der Waals surface area contributed by atoms with Gasteiger partial charge >= 0.3 is 0 Å². The van der Waals surface area contributed by atoms with Crippen molar-refractivity contribution in [3.05, 3.63) is 35.4 Å². The van der Waals surface area contributed by atoms with Crippen molar-refractivity contribution < 1.29 is 10.2 Å². The van der Waals surface area contributed by atoms with Crippen LogP contribution < -0.4 is 0 Å². The Hall–Kier alpha value is -0.160. The highest BCUT2D eigenvalue weighted by Crippen LogP contribution is 2.25. The molecule has 0 radical (unpaired) electrons. The number of aliphatic hydroxyl groups excluding tert-OH is 2. The van der Waals surface area contributed by atoms with Gasteiger partial charge in [0.15, 0.2) is 0 Å². The zero-order valence-corrected chi connectivity index (χ0v) is 17.3. The summed E-state index contributed by atoms with van der Waals surface area (Å²) in [5, 5.41) is 18.5. The number of thioether (sulfide) groups is 2. The first-order chi connectivity index (χ1) is 11.3. The molecule has 2 N–H and O–H groups in total. The molecule has 0 heterocycles. The van der Waals surface area contributed by atoms with Crippen molar-refractivity contribution in [3.63, 3.8) is 0 Å². The van der Waals surface area contributed by atoms with Crippen LogP contribution >= 0.6 is 23.5 Å². The number of aliphatic hydroxyl groups is 2.